The Bertz CT molecular complexity index is 384. The molecular weight excluding hydrogens is 217 g/mol. The SMILES string of the molecule is Cc1cc(C(F)(F)F)c(CN)c(C(C)C)n1. The maximum absolute atomic E-state index is 12.8. The molecule has 0 saturated carbocycles. The Balaban J connectivity index is 3.49. The lowest BCUT2D eigenvalue weighted by atomic mass is 9.98. The van der Waals surface area contributed by atoms with Gasteiger partial charge in [0.25, 0.3) is 0 Å². The van der Waals surface area contributed by atoms with E-state index in [9.17, 15) is 13.2 Å². The maximum atomic E-state index is 12.8. The van der Waals surface area contributed by atoms with Crippen LogP contribution >= 0.6 is 0 Å². The molecule has 1 aromatic heterocycles. The predicted octanol–water partition coefficient (Wildman–Crippen LogP) is 2.99. The number of rotatable bonds is 2. The van der Waals surface area contributed by atoms with Crippen LogP contribution in [0.15, 0.2) is 6.07 Å². The quantitative estimate of drug-likeness (QED) is 0.851. The zero-order valence-electron chi connectivity index (χ0n) is 9.52. The second-order valence-corrected chi connectivity index (χ2v) is 4.03. The second kappa shape index (κ2) is 4.41. The number of pyridine rings is 1. The summed E-state index contributed by atoms with van der Waals surface area (Å²) in [5, 5.41) is 0. The number of aromatic nitrogens is 1. The molecule has 0 spiro atoms. The van der Waals surface area contributed by atoms with Crippen LogP contribution in [-0.4, -0.2) is 4.98 Å². The third kappa shape index (κ3) is 2.52. The minimum Gasteiger partial charge on any atom is -0.326 e. The number of aryl methyl sites for hydroxylation is 1. The van der Waals surface area contributed by atoms with Gasteiger partial charge in [0.05, 0.1) is 5.56 Å². The monoisotopic (exact) mass is 232 g/mol. The molecule has 2 N–H and O–H groups in total. The van der Waals surface area contributed by atoms with Crippen molar-refractivity contribution < 1.29 is 13.2 Å². The Morgan fingerprint density at radius 2 is 1.94 bits per heavy atom. The average molecular weight is 232 g/mol. The minimum atomic E-state index is -4.37. The van der Waals surface area contributed by atoms with Gasteiger partial charge in [-0.15, -0.1) is 0 Å². The van der Waals surface area contributed by atoms with E-state index >= 15 is 0 Å². The van der Waals surface area contributed by atoms with Crippen molar-refractivity contribution in [2.45, 2.75) is 39.4 Å². The number of alkyl halides is 3. The molecule has 16 heavy (non-hydrogen) atoms. The fraction of sp³-hybridized carbons (Fsp3) is 0.545. The van der Waals surface area contributed by atoms with E-state index in [4.69, 9.17) is 5.73 Å². The molecule has 0 aromatic carbocycles. The van der Waals surface area contributed by atoms with Gasteiger partial charge in [0.2, 0.25) is 0 Å². The van der Waals surface area contributed by atoms with E-state index < -0.39 is 11.7 Å². The van der Waals surface area contributed by atoms with Crippen LogP contribution in [-0.2, 0) is 12.7 Å². The highest BCUT2D eigenvalue weighted by Gasteiger charge is 2.34. The molecule has 1 heterocycles. The smallest absolute Gasteiger partial charge is 0.326 e. The van der Waals surface area contributed by atoms with Crippen molar-refractivity contribution in [1.82, 2.24) is 4.98 Å². The van der Waals surface area contributed by atoms with Crippen molar-refractivity contribution in [2.24, 2.45) is 5.73 Å². The molecule has 5 heteroatoms. The van der Waals surface area contributed by atoms with Crippen LogP contribution in [0.1, 0.15) is 42.3 Å². The van der Waals surface area contributed by atoms with E-state index in [-0.39, 0.29) is 18.0 Å². The molecule has 90 valence electrons. The number of nitrogens with zero attached hydrogens (tertiary/aromatic N) is 1. The second-order valence-electron chi connectivity index (χ2n) is 4.03. The highest BCUT2D eigenvalue weighted by atomic mass is 19.4. The third-order valence-corrected chi connectivity index (χ3v) is 2.34. The summed E-state index contributed by atoms with van der Waals surface area (Å²) < 4.78 is 38.3. The Hall–Kier alpha value is -1.10. The van der Waals surface area contributed by atoms with Crippen LogP contribution in [0.25, 0.3) is 0 Å². The van der Waals surface area contributed by atoms with Crippen molar-refractivity contribution in [3.63, 3.8) is 0 Å². The molecular formula is C11H15F3N2. The van der Waals surface area contributed by atoms with Crippen LogP contribution in [0.4, 0.5) is 13.2 Å². The Kier molecular flexibility index (Phi) is 3.57. The lowest BCUT2D eigenvalue weighted by Crippen LogP contribution is -2.17. The molecule has 0 radical (unpaired) electrons. The number of hydrogen-bond acceptors (Lipinski definition) is 2. The summed E-state index contributed by atoms with van der Waals surface area (Å²) in [6.45, 7) is 5.03. The fourth-order valence-corrected chi connectivity index (χ4v) is 1.67. The molecule has 0 unspecified atom stereocenters. The minimum absolute atomic E-state index is 0.0699. The molecule has 0 atom stereocenters. The van der Waals surface area contributed by atoms with Crippen molar-refractivity contribution in [1.29, 1.82) is 0 Å². The van der Waals surface area contributed by atoms with Gasteiger partial charge in [-0.3, -0.25) is 4.98 Å². The first-order chi connectivity index (χ1) is 7.27. The predicted molar refractivity (Wildman–Crippen MR) is 56.0 cm³/mol. The maximum Gasteiger partial charge on any atom is 0.416 e. The first-order valence-electron chi connectivity index (χ1n) is 5.05. The summed E-state index contributed by atoms with van der Waals surface area (Å²) in [5.74, 6) is -0.0699. The van der Waals surface area contributed by atoms with Crippen LogP contribution < -0.4 is 5.73 Å². The van der Waals surface area contributed by atoms with Crippen LogP contribution in [0.3, 0.4) is 0 Å². The van der Waals surface area contributed by atoms with Gasteiger partial charge >= 0.3 is 6.18 Å². The zero-order valence-corrected chi connectivity index (χ0v) is 9.52. The largest absolute Gasteiger partial charge is 0.416 e. The zero-order chi connectivity index (χ0) is 12.5. The Morgan fingerprint density at radius 3 is 2.31 bits per heavy atom. The Labute approximate surface area is 92.7 Å². The van der Waals surface area contributed by atoms with E-state index in [1.165, 1.54) is 0 Å². The van der Waals surface area contributed by atoms with Crippen molar-refractivity contribution in [3.8, 4) is 0 Å². The lowest BCUT2D eigenvalue weighted by molar-refractivity contribution is -0.138. The van der Waals surface area contributed by atoms with Gasteiger partial charge in [-0.05, 0) is 24.5 Å². The summed E-state index contributed by atoms with van der Waals surface area (Å²) in [4.78, 5) is 4.14. The molecule has 0 saturated heterocycles. The number of hydrogen-bond donors (Lipinski definition) is 1. The molecule has 0 aliphatic carbocycles. The fourth-order valence-electron chi connectivity index (χ4n) is 1.67. The molecule has 2 nitrogen and oxygen atoms in total. The molecule has 0 fully saturated rings. The van der Waals surface area contributed by atoms with Gasteiger partial charge in [0, 0.05) is 17.9 Å². The highest BCUT2D eigenvalue weighted by molar-refractivity contribution is 5.36. The first kappa shape index (κ1) is 13.0. The summed E-state index contributed by atoms with van der Waals surface area (Å²) in [6, 6.07) is 1.05. The van der Waals surface area contributed by atoms with Crippen molar-refractivity contribution >= 4 is 0 Å². The van der Waals surface area contributed by atoms with Crippen LogP contribution in [0, 0.1) is 6.92 Å². The third-order valence-electron chi connectivity index (χ3n) is 2.34. The molecule has 0 aliphatic rings. The van der Waals surface area contributed by atoms with Crippen molar-refractivity contribution in [2.75, 3.05) is 0 Å². The van der Waals surface area contributed by atoms with Gasteiger partial charge in [-0.25, -0.2) is 0 Å². The summed E-state index contributed by atoms with van der Waals surface area (Å²) in [5.41, 5.74) is 5.65. The van der Waals surface area contributed by atoms with Gasteiger partial charge in [-0.2, -0.15) is 13.2 Å². The molecule has 1 aromatic rings. The number of nitrogens with two attached hydrogens (primary N) is 1. The topological polar surface area (TPSA) is 38.9 Å². The first-order valence-corrected chi connectivity index (χ1v) is 5.05. The molecule has 0 amide bonds. The van der Waals surface area contributed by atoms with E-state index in [2.05, 4.69) is 4.98 Å². The number of halogens is 3. The van der Waals surface area contributed by atoms with Gasteiger partial charge in [0.15, 0.2) is 0 Å². The summed E-state index contributed by atoms with van der Waals surface area (Å²) >= 11 is 0. The average Bonchev–Trinajstić information content (AvgIpc) is 2.14. The summed E-state index contributed by atoms with van der Waals surface area (Å²) in [7, 11) is 0. The normalized spacial score (nSPS) is 12.2. The molecule has 1 rings (SSSR count). The van der Waals surface area contributed by atoms with E-state index in [1.54, 1.807) is 20.8 Å². The highest BCUT2D eigenvalue weighted by Crippen LogP contribution is 2.34. The van der Waals surface area contributed by atoms with Gasteiger partial charge in [0.1, 0.15) is 0 Å². The van der Waals surface area contributed by atoms with Gasteiger partial charge in [-0.1, -0.05) is 13.8 Å². The molecule has 0 aliphatic heterocycles. The Morgan fingerprint density at radius 1 is 1.38 bits per heavy atom. The van der Waals surface area contributed by atoms with E-state index in [0.29, 0.717) is 11.4 Å². The van der Waals surface area contributed by atoms with E-state index in [0.717, 1.165) is 6.07 Å². The van der Waals surface area contributed by atoms with Crippen molar-refractivity contribution in [3.05, 3.63) is 28.6 Å². The standard InChI is InChI=1S/C11H15F3N2/c1-6(2)10-8(5-15)9(11(12,13)14)4-7(3)16-10/h4,6H,5,15H2,1-3H3. The lowest BCUT2D eigenvalue weighted by Gasteiger charge is -2.18. The van der Waals surface area contributed by atoms with E-state index in [1.807, 2.05) is 0 Å². The molecule has 0 bridgehead atoms. The van der Waals surface area contributed by atoms with Crippen LogP contribution in [0.2, 0.25) is 0 Å². The van der Waals surface area contributed by atoms with Gasteiger partial charge < -0.3 is 5.73 Å². The van der Waals surface area contributed by atoms with Crippen LogP contribution in [0.5, 0.6) is 0 Å². The summed E-state index contributed by atoms with van der Waals surface area (Å²) in [6.07, 6.45) is -4.37.